The van der Waals surface area contributed by atoms with Crippen LogP contribution in [0, 0.1) is 16.6 Å². The molecule has 12 nitrogen and oxygen atoms in total. The molecule has 7 rings (SSSR count). The van der Waals surface area contributed by atoms with Gasteiger partial charge in [0.1, 0.15) is 25.4 Å². The summed E-state index contributed by atoms with van der Waals surface area (Å²) in [5.74, 6) is -3.67. The van der Waals surface area contributed by atoms with Crippen LogP contribution in [0.1, 0.15) is 81.4 Å². The number of nitrogens with one attached hydrogen (secondary N) is 1. The van der Waals surface area contributed by atoms with Gasteiger partial charge in [-0.05, 0) is 65.6 Å². The first-order valence-electron chi connectivity index (χ1n) is 19.6. The van der Waals surface area contributed by atoms with Gasteiger partial charge < -0.3 is 9.47 Å². The van der Waals surface area contributed by atoms with Gasteiger partial charge in [0.2, 0.25) is 5.96 Å². The highest BCUT2D eigenvalue weighted by molar-refractivity contribution is 6.32. The van der Waals surface area contributed by atoms with Gasteiger partial charge >= 0.3 is 18.2 Å². The zero-order valence-electron chi connectivity index (χ0n) is 34.0. The van der Waals surface area contributed by atoms with Crippen LogP contribution >= 0.6 is 11.6 Å². The number of carbonyl (C=O) groups excluding carboxylic acids is 3. The van der Waals surface area contributed by atoms with E-state index in [4.69, 9.17) is 26.1 Å². The first-order chi connectivity index (χ1) is 29.8. The molecular weight excluding hydrogens is 856 g/mol. The average Bonchev–Trinajstić information content (AvgIpc) is 3.77. The molecule has 1 fully saturated rings. The predicted octanol–water partition coefficient (Wildman–Crippen LogP) is 9.83. The number of alkyl halides is 5. The van der Waals surface area contributed by atoms with Gasteiger partial charge in [-0.1, -0.05) is 93.0 Å². The molecule has 1 saturated carbocycles. The quantitative estimate of drug-likeness (QED) is 0.0910. The highest BCUT2D eigenvalue weighted by Gasteiger charge is 2.64. The number of pyridine rings is 1. The molecule has 5 aromatic rings. The van der Waals surface area contributed by atoms with Crippen LogP contribution in [0.4, 0.5) is 31.1 Å². The Kier molecular flexibility index (Phi) is 12.4. The number of hydrogen-bond acceptors (Lipinski definition) is 9. The van der Waals surface area contributed by atoms with Crippen molar-refractivity contribution in [3.63, 3.8) is 0 Å². The van der Waals surface area contributed by atoms with E-state index in [1.54, 1.807) is 54.6 Å². The van der Waals surface area contributed by atoms with Crippen molar-refractivity contribution in [3.8, 4) is 16.9 Å². The van der Waals surface area contributed by atoms with Gasteiger partial charge in [0, 0.05) is 5.56 Å². The molecule has 0 unspecified atom stereocenters. The fourth-order valence-corrected chi connectivity index (χ4v) is 7.65. The normalized spacial score (nSPS) is 17.7. The molecule has 2 atom stereocenters. The summed E-state index contributed by atoms with van der Waals surface area (Å²) in [5, 5.41) is 6.40. The highest BCUT2D eigenvalue weighted by atomic mass is 35.5. The lowest BCUT2D eigenvalue weighted by molar-refractivity contribution is -0.195. The molecule has 2 amide bonds. The molecule has 0 radical (unpaired) electrons. The smallest absolute Gasteiger partial charge is 0.414 e. The van der Waals surface area contributed by atoms with Crippen LogP contribution in [-0.2, 0) is 31.2 Å². The minimum Gasteiger partial charge on any atom is -0.463 e. The van der Waals surface area contributed by atoms with Gasteiger partial charge in [0.15, 0.2) is 11.4 Å². The Morgan fingerprint density at radius 1 is 0.937 bits per heavy atom. The van der Waals surface area contributed by atoms with Gasteiger partial charge in [-0.2, -0.15) is 18.3 Å². The lowest BCUT2D eigenvalue weighted by atomic mass is 9.75. The van der Waals surface area contributed by atoms with Gasteiger partial charge in [0.05, 0.1) is 40.5 Å². The molecule has 19 heteroatoms. The maximum Gasteiger partial charge on any atom is 0.414 e. The third-order valence-electron chi connectivity index (χ3n) is 10.7. The second-order valence-corrected chi connectivity index (χ2v) is 16.9. The number of halogens is 7. The lowest BCUT2D eigenvalue weighted by Crippen LogP contribution is -2.49. The van der Waals surface area contributed by atoms with Crippen LogP contribution in [0.5, 0.6) is 0 Å². The highest BCUT2D eigenvalue weighted by Crippen LogP contribution is 2.60. The number of rotatable bonds is 13. The fourth-order valence-electron chi connectivity index (χ4n) is 7.46. The van der Waals surface area contributed by atoms with Crippen molar-refractivity contribution >= 4 is 35.5 Å². The third kappa shape index (κ3) is 9.70. The molecule has 1 aliphatic carbocycles. The second kappa shape index (κ2) is 17.5. The van der Waals surface area contributed by atoms with Crippen LogP contribution in [0.15, 0.2) is 102 Å². The summed E-state index contributed by atoms with van der Waals surface area (Å²) in [7, 11) is 0. The summed E-state index contributed by atoms with van der Waals surface area (Å²) < 4.78 is 95.6. The van der Waals surface area contributed by atoms with Crippen molar-refractivity contribution in [2.45, 2.75) is 77.2 Å². The summed E-state index contributed by atoms with van der Waals surface area (Å²) in [4.78, 5) is 56.2. The number of ether oxygens (including phenoxy) is 2. The average molecular weight is 896 g/mol. The van der Waals surface area contributed by atoms with Crippen molar-refractivity contribution < 1.29 is 50.2 Å². The van der Waals surface area contributed by atoms with Gasteiger partial charge in [-0.15, -0.1) is 0 Å². The second-order valence-electron chi connectivity index (χ2n) is 16.5. The van der Waals surface area contributed by atoms with E-state index in [-0.39, 0.29) is 48.1 Å². The largest absolute Gasteiger partial charge is 0.463 e. The minimum atomic E-state index is -4.68. The van der Waals surface area contributed by atoms with E-state index >= 15 is 4.79 Å². The zero-order valence-corrected chi connectivity index (χ0v) is 34.8. The number of nitrogens with zero attached hydrogens (tertiary/aromatic N) is 6. The summed E-state index contributed by atoms with van der Waals surface area (Å²) in [6.07, 6.45) is -8.41. The van der Waals surface area contributed by atoms with Crippen LogP contribution in [-0.4, -0.2) is 61.4 Å². The number of esters is 1. The van der Waals surface area contributed by atoms with Crippen molar-refractivity contribution in [1.29, 1.82) is 0 Å². The van der Waals surface area contributed by atoms with E-state index in [2.05, 4.69) is 20.4 Å². The Balaban J connectivity index is 1.35. The number of aliphatic imine (C=N–C) groups is 1. The SMILES string of the molecule is CC(C)(C)C[C@]1(c2ccc(-c3ccc(F)cn3)cc2)N=C(NC(=O)OCc2ccccc2)N([C@H](COC(=O)CC2(C(F)(F)F)CC2)c2ccc(Cl)c(-n3ncnc3C(F)F)c2)C1=O. The van der Waals surface area contributed by atoms with E-state index in [0.29, 0.717) is 22.4 Å². The van der Waals surface area contributed by atoms with Crippen molar-refractivity contribution in [3.05, 3.63) is 131 Å². The van der Waals surface area contributed by atoms with Crippen LogP contribution < -0.4 is 5.32 Å². The molecule has 0 spiro atoms. The van der Waals surface area contributed by atoms with E-state index in [0.717, 1.165) is 22.1 Å². The maximum atomic E-state index is 15.5. The summed E-state index contributed by atoms with van der Waals surface area (Å²) >= 11 is 6.53. The first-order valence-corrected chi connectivity index (χ1v) is 20.0. The molecular formula is C44H40ClF6N7O5. The number of hydrogen-bond donors (Lipinski definition) is 1. The van der Waals surface area contributed by atoms with Crippen LogP contribution in [0.25, 0.3) is 16.9 Å². The number of carbonyl (C=O) groups is 3. The monoisotopic (exact) mass is 895 g/mol. The van der Waals surface area contributed by atoms with Gasteiger partial charge in [-0.25, -0.2) is 32.6 Å². The third-order valence-corrected chi connectivity index (χ3v) is 11.0. The summed E-state index contributed by atoms with van der Waals surface area (Å²) in [6.45, 7) is 4.59. The number of benzene rings is 3. The number of alkyl carbamates (subject to hydrolysis) is 1. The molecule has 3 heterocycles. The van der Waals surface area contributed by atoms with E-state index in [1.807, 2.05) is 20.8 Å². The van der Waals surface area contributed by atoms with Crippen molar-refractivity contribution in [2.75, 3.05) is 6.61 Å². The van der Waals surface area contributed by atoms with Crippen LogP contribution in [0.2, 0.25) is 5.02 Å². The Morgan fingerprint density at radius 3 is 2.27 bits per heavy atom. The predicted molar refractivity (Wildman–Crippen MR) is 217 cm³/mol. The Labute approximate surface area is 362 Å². The van der Waals surface area contributed by atoms with Crippen molar-refractivity contribution in [2.24, 2.45) is 15.8 Å². The molecule has 2 aromatic heterocycles. The minimum absolute atomic E-state index is 0.0108. The van der Waals surface area contributed by atoms with E-state index in [9.17, 15) is 35.9 Å². The molecule has 0 bridgehead atoms. The van der Waals surface area contributed by atoms with Gasteiger partial charge in [0.25, 0.3) is 12.3 Å². The van der Waals surface area contributed by atoms with Gasteiger partial charge in [-0.3, -0.25) is 24.8 Å². The number of aromatic nitrogens is 4. The van der Waals surface area contributed by atoms with Crippen molar-refractivity contribution in [1.82, 2.24) is 30.0 Å². The first kappa shape index (κ1) is 44.7. The Hall–Kier alpha value is -6.30. The molecule has 63 heavy (non-hydrogen) atoms. The molecule has 2 aliphatic rings. The molecule has 3 aromatic carbocycles. The Morgan fingerprint density at radius 2 is 1.65 bits per heavy atom. The van der Waals surface area contributed by atoms with E-state index < -0.39 is 77.7 Å². The molecule has 1 aliphatic heterocycles. The number of guanidine groups is 1. The summed E-state index contributed by atoms with van der Waals surface area (Å²) in [6, 6.07) is 20.5. The lowest BCUT2D eigenvalue weighted by Gasteiger charge is -2.35. The molecule has 330 valence electrons. The topological polar surface area (TPSA) is 141 Å². The standard InChI is InChI=1S/C44H40ClF6N7O5/c1-41(2,3)24-43(29-12-9-27(10-13-29)32-16-14-30(46)21-52-32)38(60)57(39(56-43)55-40(61)63-22-26-7-5-4-6-8-26)34(23-62-35(59)20-42(17-18-42)44(49,50)51)28-11-15-31(45)33(19-28)58-37(36(47)48)53-25-54-58/h4-16,19,21,25,34,36H,17-18,20,22-24H2,1-3H3,(H,55,56,61)/t34-,43-/m1/s1. The molecule has 0 saturated heterocycles. The zero-order chi connectivity index (χ0) is 45.3. The van der Waals surface area contributed by atoms with E-state index in [1.165, 1.54) is 30.3 Å². The fraction of sp³-hybridized carbons (Fsp3) is 0.341. The summed E-state index contributed by atoms with van der Waals surface area (Å²) in [5.41, 5.74) is -2.83. The maximum absolute atomic E-state index is 15.5. The number of amides is 2. The van der Waals surface area contributed by atoms with Crippen LogP contribution in [0.3, 0.4) is 0 Å². The molecule has 1 N–H and O–H groups in total. The Bertz CT molecular complexity index is 2510.